The number of nitrogens with zero attached hydrogens (tertiary/aromatic N) is 1. The van der Waals surface area contributed by atoms with Gasteiger partial charge in [-0.2, -0.15) is 0 Å². The Bertz CT molecular complexity index is 344. The second kappa shape index (κ2) is 7.69. The molecule has 3 nitrogen and oxygen atoms in total. The van der Waals surface area contributed by atoms with Crippen molar-refractivity contribution < 1.29 is 4.74 Å². The molecule has 0 aliphatic carbocycles. The van der Waals surface area contributed by atoms with Gasteiger partial charge in [-0.15, -0.1) is 0 Å². The first-order valence-corrected chi connectivity index (χ1v) is 6.68. The summed E-state index contributed by atoms with van der Waals surface area (Å²) in [6.07, 6.45) is 0. The Labute approximate surface area is 112 Å². The monoisotopic (exact) mass is 300 g/mol. The summed E-state index contributed by atoms with van der Waals surface area (Å²) in [6, 6.07) is 6.16. The quantitative estimate of drug-likeness (QED) is 0.783. The number of halogens is 1. The van der Waals surface area contributed by atoms with Crippen LogP contribution in [0.5, 0.6) is 5.75 Å². The molecular weight excluding hydrogens is 280 g/mol. The molecule has 0 saturated carbocycles. The molecule has 0 fully saturated rings. The zero-order valence-electron chi connectivity index (χ0n) is 10.8. The van der Waals surface area contributed by atoms with Crippen LogP contribution in [0.2, 0.25) is 0 Å². The molecule has 0 atom stereocenters. The minimum absolute atomic E-state index is 0.875. The van der Waals surface area contributed by atoms with E-state index in [0.717, 1.165) is 36.4 Å². The predicted molar refractivity (Wildman–Crippen MR) is 75.6 cm³/mol. The molecule has 0 aliphatic rings. The van der Waals surface area contributed by atoms with Crippen molar-refractivity contribution in [3.8, 4) is 5.75 Å². The molecule has 1 N–H and O–H groups in total. The lowest BCUT2D eigenvalue weighted by Crippen LogP contribution is -2.28. The van der Waals surface area contributed by atoms with Crippen LogP contribution < -0.4 is 10.1 Å². The van der Waals surface area contributed by atoms with E-state index in [1.165, 1.54) is 5.56 Å². The predicted octanol–water partition coefficient (Wildman–Crippen LogP) is 2.50. The van der Waals surface area contributed by atoms with Crippen molar-refractivity contribution in [3.05, 3.63) is 28.2 Å². The highest BCUT2D eigenvalue weighted by molar-refractivity contribution is 9.10. The lowest BCUT2D eigenvalue weighted by molar-refractivity contribution is 0.349. The first-order valence-electron chi connectivity index (χ1n) is 5.89. The lowest BCUT2D eigenvalue weighted by atomic mass is 10.2. The third-order valence-corrected chi connectivity index (χ3v) is 3.38. The van der Waals surface area contributed by atoms with E-state index < -0.39 is 0 Å². The topological polar surface area (TPSA) is 24.5 Å². The summed E-state index contributed by atoms with van der Waals surface area (Å²) in [5.74, 6) is 0.875. The fourth-order valence-corrected chi connectivity index (χ4v) is 2.07. The molecule has 1 aromatic rings. The van der Waals surface area contributed by atoms with Crippen molar-refractivity contribution in [3.63, 3.8) is 0 Å². The van der Waals surface area contributed by atoms with E-state index in [1.807, 2.05) is 6.07 Å². The summed E-state index contributed by atoms with van der Waals surface area (Å²) >= 11 is 3.49. The number of benzene rings is 1. The lowest BCUT2D eigenvalue weighted by Gasteiger charge is -2.14. The van der Waals surface area contributed by atoms with Gasteiger partial charge in [0, 0.05) is 19.6 Å². The van der Waals surface area contributed by atoms with Crippen molar-refractivity contribution >= 4 is 15.9 Å². The maximum Gasteiger partial charge on any atom is 0.133 e. The van der Waals surface area contributed by atoms with Gasteiger partial charge < -0.3 is 15.0 Å². The highest BCUT2D eigenvalue weighted by atomic mass is 79.9. The molecule has 17 heavy (non-hydrogen) atoms. The molecule has 0 amide bonds. The van der Waals surface area contributed by atoms with Gasteiger partial charge in [0.1, 0.15) is 5.75 Å². The van der Waals surface area contributed by atoms with Crippen LogP contribution in [0.25, 0.3) is 0 Å². The van der Waals surface area contributed by atoms with Crippen molar-refractivity contribution in [1.82, 2.24) is 10.2 Å². The van der Waals surface area contributed by atoms with Crippen LogP contribution in [0.15, 0.2) is 22.7 Å². The average molecular weight is 301 g/mol. The molecule has 0 spiro atoms. The van der Waals surface area contributed by atoms with Gasteiger partial charge in [0.15, 0.2) is 0 Å². The summed E-state index contributed by atoms with van der Waals surface area (Å²) in [6.45, 7) is 6.23. The Morgan fingerprint density at radius 3 is 2.76 bits per heavy atom. The van der Waals surface area contributed by atoms with E-state index in [1.54, 1.807) is 7.11 Å². The standard InChI is InChI=1S/C13H21BrN2O/c1-4-16(2)8-7-15-10-11-5-6-13(17-3)12(14)9-11/h5-6,9,15H,4,7-8,10H2,1-3H3. The van der Waals surface area contributed by atoms with Gasteiger partial charge in [0.05, 0.1) is 11.6 Å². The molecule has 0 unspecified atom stereocenters. The van der Waals surface area contributed by atoms with E-state index in [9.17, 15) is 0 Å². The van der Waals surface area contributed by atoms with E-state index in [2.05, 4.69) is 52.3 Å². The third-order valence-electron chi connectivity index (χ3n) is 2.76. The van der Waals surface area contributed by atoms with E-state index in [-0.39, 0.29) is 0 Å². The number of methoxy groups -OCH3 is 1. The zero-order valence-corrected chi connectivity index (χ0v) is 12.4. The van der Waals surface area contributed by atoms with Crippen LogP contribution in [0.1, 0.15) is 12.5 Å². The minimum Gasteiger partial charge on any atom is -0.496 e. The number of nitrogens with one attached hydrogen (secondary N) is 1. The Balaban J connectivity index is 2.34. The van der Waals surface area contributed by atoms with Gasteiger partial charge in [-0.25, -0.2) is 0 Å². The van der Waals surface area contributed by atoms with Crippen LogP contribution in [0.4, 0.5) is 0 Å². The SMILES string of the molecule is CCN(C)CCNCc1ccc(OC)c(Br)c1. The Kier molecular flexibility index (Phi) is 6.55. The molecule has 0 saturated heterocycles. The molecule has 0 bridgehead atoms. The van der Waals surface area contributed by atoms with Gasteiger partial charge in [-0.3, -0.25) is 0 Å². The Hall–Kier alpha value is -0.580. The smallest absolute Gasteiger partial charge is 0.133 e. The molecule has 0 heterocycles. The molecule has 4 heteroatoms. The first-order chi connectivity index (χ1) is 8.17. The van der Waals surface area contributed by atoms with Gasteiger partial charge in [0.2, 0.25) is 0 Å². The maximum absolute atomic E-state index is 5.20. The van der Waals surface area contributed by atoms with Crippen LogP contribution in [0, 0.1) is 0 Å². The van der Waals surface area contributed by atoms with Gasteiger partial charge in [-0.05, 0) is 47.2 Å². The van der Waals surface area contributed by atoms with Crippen LogP contribution in [-0.4, -0.2) is 38.7 Å². The number of hydrogen-bond acceptors (Lipinski definition) is 3. The van der Waals surface area contributed by atoms with Crippen molar-refractivity contribution in [2.75, 3.05) is 33.8 Å². The van der Waals surface area contributed by atoms with Crippen molar-refractivity contribution in [2.24, 2.45) is 0 Å². The molecule has 96 valence electrons. The summed E-state index contributed by atoms with van der Waals surface area (Å²) in [7, 11) is 3.81. The van der Waals surface area contributed by atoms with E-state index in [4.69, 9.17) is 4.74 Å². The summed E-state index contributed by atoms with van der Waals surface area (Å²) < 4.78 is 6.20. The summed E-state index contributed by atoms with van der Waals surface area (Å²) in [5.41, 5.74) is 1.26. The minimum atomic E-state index is 0.875. The highest BCUT2D eigenvalue weighted by Crippen LogP contribution is 2.25. The van der Waals surface area contributed by atoms with Gasteiger partial charge in [-0.1, -0.05) is 13.0 Å². The zero-order chi connectivity index (χ0) is 12.7. The van der Waals surface area contributed by atoms with Crippen molar-refractivity contribution in [2.45, 2.75) is 13.5 Å². The molecule has 0 aromatic heterocycles. The number of rotatable bonds is 7. The highest BCUT2D eigenvalue weighted by Gasteiger charge is 2.01. The molecular formula is C13H21BrN2O. The Morgan fingerprint density at radius 1 is 1.41 bits per heavy atom. The number of ether oxygens (including phenoxy) is 1. The molecule has 0 radical (unpaired) electrons. The second-order valence-electron chi connectivity index (χ2n) is 4.04. The van der Waals surface area contributed by atoms with E-state index in [0.29, 0.717) is 0 Å². The Morgan fingerprint density at radius 2 is 2.18 bits per heavy atom. The van der Waals surface area contributed by atoms with Gasteiger partial charge >= 0.3 is 0 Å². The normalized spacial score (nSPS) is 10.9. The molecule has 0 aliphatic heterocycles. The van der Waals surface area contributed by atoms with Crippen molar-refractivity contribution in [1.29, 1.82) is 0 Å². The summed E-state index contributed by atoms with van der Waals surface area (Å²) in [4.78, 5) is 2.29. The second-order valence-corrected chi connectivity index (χ2v) is 4.90. The molecule has 1 rings (SSSR count). The van der Waals surface area contributed by atoms with Crippen LogP contribution >= 0.6 is 15.9 Å². The maximum atomic E-state index is 5.20. The fraction of sp³-hybridized carbons (Fsp3) is 0.538. The van der Waals surface area contributed by atoms with Gasteiger partial charge in [0.25, 0.3) is 0 Å². The third kappa shape index (κ3) is 5.06. The summed E-state index contributed by atoms with van der Waals surface area (Å²) in [5, 5.41) is 3.43. The number of hydrogen-bond donors (Lipinski definition) is 1. The fourth-order valence-electron chi connectivity index (χ4n) is 1.48. The largest absolute Gasteiger partial charge is 0.496 e. The van der Waals surface area contributed by atoms with Crippen LogP contribution in [0.3, 0.4) is 0 Å². The van der Waals surface area contributed by atoms with E-state index >= 15 is 0 Å². The average Bonchev–Trinajstić information content (AvgIpc) is 2.34. The first kappa shape index (κ1) is 14.5. The van der Waals surface area contributed by atoms with Crippen LogP contribution in [-0.2, 0) is 6.54 Å². The number of likely N-dealkylation sites (N-methyl/N-ethyl adjacent to an activating group) is 1. The molecule has 1 aromatic carbocycles.